The van der Waals surface area contributed by atoms with E-state index >= 15 is 0 Å². The van der Waals surface area contributed by atoms with Crippen molar-refractivity contribution in [3.05, 3.63) is 0 Å². The van der Waals surface area contributed by atoms with Crippen LogP contribution >= 0.6 is 23.2 Å². The van der Waals surface area contributed by atoms with Crippen LogP contribution in [0.5, 0.6) is 0 Å². The van der Waals surface area contributed by atoms with Gasteiger partial charge in [-0.05, 0) is 0 Å². The van der Waals surface area contributed by atoms with Crippen LogP contribution in [-0.4, -0.2) is 10.7 Å². The second kappa shape index (κ2) is 2.26. The van der Waals surface area contributed by atoms with Crippen molar-refractivity contribution in [2.75, 3.05) is 0 Å². The minimum atomic E-state index is -1.18. The highest BCUT2D eigenvalue weighted by atomic mass is 35.5. The van der Waals surface area contributed by atoms with E-state index in [1.807, 2.05) is 0 Å². The van der Waals surface area contributed by atoms with Gasteiger partial charge in [-0.1, -0.05) is 23.2 Å². The van der Waals surface area contributed by atoms with E-state index in [1.165, 1.54) is 0 Å². The smallest absolute Gasteiger partial charge is 0.270 e. The Hall–Kier alpha value is 0.0500. The molecule has 0 aliphatic carbocycles. The summed E-state index contributed by atoms with van der Waals surface area (Å²) in [5.41, 5.74) is 6.13. The van der Waals surface area contributed by atoms with Crippen molar-refractivity contribution in [1.29, 1.82) is 0 Å². The average molecular weight is 127 g/mol. The molecule has 0 aromatic rings. The predicted molar refractivity (Wildman–Crippen MR) is 23.6 cm³/mol. The fraction of sp³-hybridized carbons (Fsp3) is 0.500. The number of hydrogen-bond acceptors (Lipinski definition) is 1. The van der Waals surface area contributed by atoms with Gasteiger partial charge in [0.25, 0.3) is 5.91 Å². The third kappa shape index (κ3) is 2.30. The first-order chi connectivity index (χ1) is 2.64. The maximum Gasteiger partial charge on any atom is 0.271 e. The van der Waals surface area contributed by atoms with Crippen LogP contribution in [0.15, 0.2) is 0 Å². The second-order valence-electron chi connectivity index (χ2n) is 0.665. The highest BCUT2D eigenvalue weighted by Gasteiger charge is 2.03. The zero-order valence-corrected chi connectivity index (χ0v) is 4.25. The van der Waals surface area contributed by atoms with Gasteiger partial charge >= 0.3 is 0 Å². The van der Waals surface area contributed by atoms with Crippen LogP contribution in [0.1, 0.15) is 0 Å². The largest absolute Gasteiger partial charge is 0.271 e. The van der Waals surface area contributed by atoms with Gasteiger partial charge in [0, 0.05) is 0 Å². The van der Waals surface area contributed by atoms with Gasteiger partial charge in [0.15, 0.2) is 4.84 Å². The summed E-state index contributed by atoms with van der Waals surface area (Å²) in [6, 6.07) is 0. The standard InChI is InChI=1S/C2H2Cl2NO/c3-1(4)2(5)6/h1,5H. The molecule has 0 aromatic carbocycles. The number of halogens is 2. The highest BCUT2D eigenvalue weighted by Crippen LogP contribution is 1.98. The number of alkyl halides is 2. The van der Waals surface area contributed by atoms with Crippen LogP contribution in [0, 0.1) is 0 Å². The van der Waals surface area contributed by atoms with Crippen LogP contribution in [0.3, 0.4) is 0 Å². The van der Waals surface area contributed by atoms with Crippen LogP contribution in [0.2, 0.25) is 0 Å². The molecule has 0 saturated heterocycles. The molecule has 0 unspecified atom stereocenters. The predicted octanol–water partition coefficient (Wildman–Crippen LogP) is 0.600. The van der Waals surface area contributed by atoms with Crippen LogP contribution in [0.4, 0.5) is 0 Å². The molecule has 35 valence electrons. The minimum absolute atomic E-state index is 0.960. The lowest BCUT2D eigenvalue weighted by Crippen LogP contribution is -2.06. The molecule has 2 nitrogen and oxygen atoms in total. The SMILES string of the molecule is [NH]C(=O)C(Cl)Cl. The van der Waals surface area contributed by atoms with Crippen LogP contribution < -0.4 is 5.73 Å². The van der Waals surface area contributed by atoms with Crippen molar-refractivity contribution in [3.8, 4) is 0 Å². The maximum atomic E-state index is 9.55. The van der Waals surface area contributed by atoms with Crippen molar-refractivity contribution in [2.45, 2.75) is 4.84 Å². The molecule has 0 aromatic heterocycles. The molecule has 0 heterocycles. The van der Waals surface area contributed by atoms with E-state index in [4.69, 9.17) is 28.9 Å². The molecular weight excluding hydrogens is 125 g/mol. The van der Waals surface area contributed by atoms with Crippen molar-refractivity contribution in [2.24, 2.45) is 0 Å². The Bertz CT molecular complexity index is 62.6. The molecule has 0 atom stereocenters. The molecule has 0 spiro atoms. The first-order valence-corrected chi connectivity index (χ1v) is 2.05. The lowest BCUT2D eigenvalue weighted by atomic mass is 10.8. The van der Waals surface area contributed by atoms with E-state index < -0.39 is 10.7 Å². The fourth-order valence-corrected chi connectivity index (χ4v) is 0. The lowest BCUT2D eigenvalue weighted by Gasteiger charge is -1.83. The van der Waals surface area contributed by atoms with Gasteiger partial charge in [0.2, 0.25) is 0 Å². The summed E-state index contributed by atoms with van der Waals surface area (Å²) in [7, 11) is 0. The maximum absolute atomic E-state index is 9.55. The molecule has 1 N–H and O–H groups in total. The Kier molecular flexibility index (Phi) is 2.28. The zero-order chi connectivity index (χ0) is 5.15. The molecule has 0 rings (SSSR count). The first-order valence-electron chi connectivity index (χ1n) is 1.18. The summed E-state index contributed by atoms with van der Waals surface area (Å²) in [6.07, 6.45) is 0. The van der Waals surface area contributed by atoms with Gasteiger partial charge in [-0.25, -0.2) is 0 Å². The summed E-state index contributed by atoms with van der Waals surface area (Å²) in [5, 5.41) is 0. The van der Waals surface area contributed by atoms with Gasteiger partial charge in [0.1, 0.15) is 0 Å². The molecule has 4 heteroatoms. The quantitative estimate of drug-likeness (QED) is 0.475. The first kappa shape index (κ1) is 6.05. The van der Waals surface area contributed by atoms with Crippen molar-refractivity contribution >= 4 is 29.1 Å². The van der Waals surface area contributed by atoms with Gasteiger partial charge < -0.3 is 0 Å². The molecule has 0 aliphatic heterocycles. The van der Waals surface area contributed by atoms with Gasteiger partial charge in [-0.2, -0.15) is 0 Å². The Balaban J connectivity index is 3.26. The molecule has 0 fully saturated rings. The third-order valence-corrected chi connectivity index (χ3v) is 0.595. The molecular formula is C2H2Cl2NO. The topological polar surface area (TPSA) is 40.9 Å². The Morgan fingerprint density at radius 3 is 1.83 bits per heavy atom. The van der Waals surface area contributed by atoms with Gasteiger partial charge in [-0.3, -0.25) is 10.5 Å². The number of carbonyl (C=O) groups excluding carboxylic acids is 1. The minimum Gasteiger partial charge on any atom is -0.270 e. The summed E-state index contributed by atoms with van der Waals surface area (Å²) in [5.74, 6) is -0.960. The monoisotopic (exact) mass is 126 g/mol. The second-order valence-corrected chi connectivity index (χ2v) is 1.76. The zero-order valence-electron chi connectivity index (χ0n) is 2.74. The van der Waals surface area contributed by atoms with Crippen molar-refractivity contribution < 1.29 is 4.79 Å². The van der Waals surface area contributed by atoms with E-state index in [0.717, 1.165) is 0 Å². The summed E-state index contributed by atoms with van der Waals surface area (Å²) in [4.78, 5) is 8.37. The molecule has 0 aliphatic rings. The van der Waals surface area contributed by atoms with E-state index in [0.29, 0.717) is 0 Å². The average Bonchev–Trinajstić information content (AvgIpc) is 1.36. The van der Waals surface area contributed by atoms with E-state index in [9.17, 15) is 4.79 Å². The summed E-state index contributed by atoms with van der Waals surface area (Å²) >= 11 is 9.68. The lowest BCUT2D eigenvalue weighted by molar-refractivity contribution is -0.117. The van der Waals surface area contributed by atoms with E-state index in [-0.39, 0.29) is 0 Å². The number of carbonyl (C=O) groups is 1. The molecule has 0 saturated carbocycles. The molecule has 1 radical (unpaired) electrons. The number of hydrogen-bond donors (Lipinski definition) is 0. The Morgan fingerprint density at radius 1 is 1.67 bits per heavy atom. The van der Waals surface area contributed by atoms with E-state index in [2.05, 4.69) is 0 Å². The summed E-state index contributed by atoms with van der Waals surface area (Å²) < 4.78 is 0. The normalized spacial score (nSPS) is 9.17. The summed E-state index contributed by atoms with van der Waals surface area (Å²) in [6.45, 7) is 0. The Labute approximate surface area is 45.2 Å². The number of nitrogens with one attached hydrogen (secondary N) is 1. The highest BCUT2D eigenvalue weighted by molar-refractivity contribution is 6.53. The molecule has 6 heavy (non-hydrogen) atoms. The van der Waals surface area contributed by atoms with E-state index in [1.54, 1.807) is 0 Å². The molecule has 1 amide bonds. The van der Waals surface area contributed by atoms with Gasteiger partial charge in [0.05, 0.1) is 0 Å². The van der Waals surface area contributed by atoms with Crippen LogP contribution in [0.25, 0.3) is 0 Å². The Morgan fingerprint density at radius 2 is 1.83 bits per heavy atom. The molecule has 0 bridgehead atoms. The number of rotatable bonds is 1. The fourth-order valence-electron chi connectivity index (χ4n) is 0. The number of amides is 1. The van der Waals surface area contributed by atoms with Crippen molar-refractivity contribution in [1.82, 2.24) is 5.73 Å². The van der Waals surface area contributed by atoms with Crippen molar-refractivity contribution in [3.63, 3.8) is 0 Å². The van der Waals surface area contributed by atoms with Crippen LogP contribution in [-0.2, 0) is 4.79 Å². The van der Waals surface area contributed by atoms with Gasteiger partial charge in [-0.15, -0.1) is 0 Å². The third-order valence-electron chi connectivity index (χ3n) is 0.198.